The fourth-order valence-corrected chi connectivity index (χ4v) is 16.6. The largest absolute Gasteiger partial charge is 0.310 e. The normalized spacial score (nSPS) is 11.6. The fraction of sp³-hybridized carbons (Fsp3) is 0. The average molecular weight is 1350 g/mol. The molecule has 20 rings (SSSR count). The molecule has 20 aromatic carbocycles. The van der Waals surface area contributed by atoms with Gasteiger partial charge in [-0.25, -0.2) is 0 Å². The van der Waals surface area contributed by atoms with E-state index in [4.69, 9.17) is 0 Å². The van der Waals surface area contributed by atoms with E-state index in [1.54, 1.807) is 0 Å². The second-order valence-corrected chi connectivity index (χ2v) is 27.9. The lowest BCUT2D eigenvalue weighted by Gasteiger charge is -2.28. The molecule has 0 aromatic heterocycles. The molecule has 20 aromatic rings. The maximum absolute atomic E-state index is 2.42. The van der Waals surface area contributed by atoms with Gasteiger partial charge in [-0.1, -0.05) is 322 Å². The van der Waals surface area contributed by atoms with Crippen molar-refractivity contribution in [1.29, 1.82) is 0 Å². The summed E-state index contributed by atoms with van der Waals surface area (Å²) in [5.74, 6) is 0. The lowest BCUT2D eigenvalue weighted by molar-refractivity contribution is 1.28. The molecule has 0 fully saturated rings. The summed E-state index contributed by atoms with van der Waals surface area (Å²) in [6.45, 7) is 0. The molecule has 2 heteroatoms. The minimum Gasteiger partial charge on any atom is -0.310 e. The number of anilines is 6. The Hall–Kier alpha value is -13.9. The van der Waals surface area contributed by atoms with E-state index >= 15 is 0 Å². The minimum absolute atomic E-state index is 1.07. The van der Waals surface area contributed by atoms with Gasteiger partial charge in [0, 0.05) is 34.0 Å². The summed E-state index contributed by atoms with van der Waals surface area (Å²) in [6.07, 6.45) is 0. The molecule has 2 nitrogen and oxygen atoms in total. The van der Waals surface area contributed by atoms with Crippen LogP contribution >= 0.6 is 0 Å². The number of para-hydroxylation sites is 1. The maximum atomic E-state index is 2.42. The molecule has 0 spiro atoms. The second-order valence-electron chi connectivity index (χ2n) is 27.9. The van der Waals surface area contributed by atoms with Crippen LogP contribution in [0.2, 0.25) is 0 Å². The molecule has 0 radical (unpaired) electrons. The highest BCUT2D eigenvalue weighted by Crippen LogP contribution is 2.47. The zero-order chi connectivity index (χ0) is 70.0. The van der Waals surface area contributed by atoms with Gasteiger partial charge in [-0.2, -0.15) is 0 Å². The van der Waals surface area contributed by atoms with Gasteiger partial charge in [0.2, 0.25) is 0 Å². The van der Waals surface area contributed by atoms with E-state index in [0.29, 0.717) is 0 Å². The summed E-state index contributed by atoms with van der Waals surface area (Å²) >= 11 is 0. The Morgan fingerprint density at radius 1 is 0.132 bits per heavy atom. The molecule has 106 heavy (non-hydrogen) atoms. The van der Waals surface area contributed by atoms with Gasteiger partial charge in [0.05, 0.1) is 5.69 Å². The molecule has 0 atom stereocenters. The molecule has 0 aliphatic heterocycles. The monoisotopic (exact) mass is 1340 g/mol. The van der Waals surface area contributed by atoms with Crippen molar-refractivity contribution in [2.24, 2.45) is 0 Å². The number of rotatable bonds is 13. The van der Waals surface area contributed by atoms with E-state index in [0.717, 1.165) is 50.8 Å². The Bertz CT molecular complexity index is 6780. The quantitative estimate of drug-likeness (QED) is 0.106. The molecule has 0 bridgehead atoms. The van der Waals surface area contributed by atoms with Gasteiger partial charge in [0.15, 0.2) is 0 Å². The summed E-state index contributed by atoms with van der Waals surface area (Å²) in [7, 11) is 0. The zero-order valence-electron chi connectivity index (χ0n) is 58.2. The summed E-state index contributed by atoms with van der Waals surface area (Å²) in [6, 6.07) is 152. The van der Waals surface area contributed by atoms with Crippen molar-refractivity contribution in [2.75, 3.05) is 9.80 Å². The van der Waals surface area contributed by atoms with E-state index in [1.165, 1.54) is 147 Å². The standard InChI is InChI=1S/C104H68N2/c1-3-18-69(19-4-1)80-27-15-28-89(65-80)105(85-52-40-70(41-53-85)81-38-36-76-49-60-96-92-30-11-8-23-74(92)48-61-97(96)101(76)66-81)86-56-46-78(47-57-86)100-68-84(64-83-24-9-12-31-93(83)100)95-34-17-26-79-51-62-98-99(104(79)95)63-50-77-37-39-82(67-102(77)98)71-42-54-87(55-43-71)106(103-35-14-13-32-94(103)73-20-5-2-6-21-73)88-58-44-75(45-59-88)91-33-16-25-72-22-7-10-29-90(72)91/h1-68H. The fourth-order valence-electron chi connectivity index (χ4n) is 16.6. The van der Waals surface area contributed by atoms with Gasteiger partial charge in [-0.15, -0.1) is 0 Å². The first-order chi connectivity index (χ1) is 52.5. The SMILES string of the molecule is c1ccc(-c2cccc(N(c3ccc(-c4ccc5ccc6c7ccccc7ccc6c5c4)cc3)c3ccc(-c4cc(-c5cccc6ccc7c8cc(-c9ccc(N(c%10ccc(-c%11cccc%12ccccc%11%12)cc%10)c%10ccccc%10-c%10ccccc%10)cc9)ccc8ccc7c56)cc5ccccc45)cc3)c2)cc1. The van der Waals surface area contributed by atoms with Gasteiger partial charge in [0.1, 0.15) is 0 Å². The van der Waals surface area contributed by atoms with E-state index in [2.05, 4.69) is 422 Å². The van der Waals surface area contributed by atoms with E-state index in [9.17, 15) is 0 Å². The van der Waals surface area contributed by atoms with Crippen LogP contribution in [0.15, 0.2) is 413 Å². The van der Waals surface area contributed by atoms with Crippen molar-refractivity contribution in [3.05, 3.63) is 413 Å². The second kappa shape index (κ2) is 26.2. The van der Waals surface area contributed by atoms with Crippen molar-refractivity contribution >= 4 is 120 Å². The third kappa shape index (κ3) is 11.1. The van der Waals surface area contributed by atoms with Crippen LogP contribution in [0.3, 0.4) is 0 Å². The van der Waals surface area contributed by atoms with Crippen LogP contribution in [0.25, 0.3) is 164 Å². The van der Waals surface area contributed by atoms with Gasteiger partial charge >= 0.3 is 0 Å². The first-order valence-electron chi connectivity index (χ1n) is 36.6. The predicted octanol–water partition coefficient (Wildman–Crippen LogP) is 29.5. The summed E-state index contributed by atoms with van der Waals surface area (Å²) in [5.41, 5.74) is 23.0. The summed E-state index contributed by atoms with van der Waals surface area (Å²) < 4.78 is 0. The highest BCUT2D eigenvalue weighted by molar-refractivity contribution is 6.22. The van der Waals surface area contributed by atoms with Crippen molar-refractivity contribution in [3.8, 4) is 77.9 Å². The van der Waals surface area contributed by atoms with E-state index in [-0.39, 0.29) is 0 Å². The number of nitrogens with zero attached hydrogens (tertiary/aromatic N) is 2. The smallest absolute Gasteiger partial charge is 0.0540 e. The molecular formula is C104H68N2. The lowest BCUT2D eigenvalue weighted by atomic mass is 9.88. The molecule has 0 saturated heterocycles. The molecule has 0 amide bonds. The van der Waals surface area contributed by atoms with Crippen LogP contribution in [0, 0.1) is 0 Å². The number of hydrogen-bond donors (Lipinski definition) is 0. The number of benzene rings is 20. The van der Waals surface area contributed by atoms with Crippen LogP contribution in [0.1, 0.15) is 0 Å². The Kier molecular flexibility index (Phi) is 15.3. The molecule has 0 heterocycles. The number of hydrogen-bond acceptors (Lipinski definition) is 2. The highest BCUT2D eigenvalue weighted by atomic mass is 15.1. The molecule has 0 aliphatic carbocycles. The van der Waals surface area contributed by atoms with Crippen molar-refractivity contribution in [2.45, 2.75) is 0 Å². The maximum Gasteiger partial charge on any atom is 0.0540 e. The van der Waals surface area contributed by atoms with Gasteiger partial charge < -0.3 is 9.80 Å². The Morgan fingerprint density at radius 3 is 1.13 bits per heavy atom. The number of fused-ring (bicyclic) bond motifs is 12. The first-order valence-corrected chi connectivity index (χ1v) is 36.6. The average Bonchev–Trinajstić information content (AvgIpc) is 0.752. The van der Waals surface area contributed by atoms with Crippen molar-refractivity contribution < 1.29 is 0 Å². The van der Waals surface area contributed by atoms with Gasteiger partial charge in [-0.05, 0) is 249 Å². The molecule has 0 N–H and O–H groups in total. The molecule has 0 saturated carbocycles. The predicted molar refractivity (Wildman–Crippen MR) is 454 cm³/mol. The molecule has 0 unspecified atom stereocenters. The third-order valence-electron chi connectivity index (χ3n) is 21.8. The Morgan fingerprint density at radius 2 is 0.500 bits per heavy atom. The first kappa shape index (κ1) is 61.9. The minimum atomic E-state index is 1.07. The Labute approximate surface area is 616 Å². The van der Waals surface area contributed by atoms with Crippen molar-refractivity contribution in [3.63, 3.8) is 0 Å². The van der Waals surface area contributed by atoms with Gasteiger partial charge in [0.25, 0.3) is 0 Å². The topological polar surface area (TPSA) is 6.48 Å². The van der Waals surface area contributed by atoms with Crippen LogP contribution in [-0.2, 0) is 0 Å². The zero-order valence-corrected chi connectivity index (χ0v) is 58.2. The van der Waals surface area contributed by atoms with Crippen molar-refractivity contribution in [1.82, 2.24) is 0 Å². The molecular weight excluding hydrogens is 1280 g/mol. The molecule has 0 aliphatic rings. The van der Waals surface area contributed by atoms with Gasteiger partial charge in [-0.3, -0.25) is 0 Å². The van der Waals surface area contributed by atoms with Crippen LogP contribution in [0.5, 0.6) is 0 Å². The van der Waals surface area contributed by atoms with E-state index in [1.807, 2.05) is 0 Å². The third-order valence-corrected chi connectivity index (χ3v) is 21.8. The summed E-state index contributed by atoms with van der Waals surface area (Å²) in [4.78, 5) is 4.80. The van der Waals surface area contributed by atoms with Crippen LogP contribution in [-0.4, -0.2) is 0 Å². The Balaban J connectivity index is 0.646. The summed E-state index contributed by atoms with van der Waals surface area (Å²) in [5, 5.41) is 19.8. The van der Waals surface area contributed by atoms with Crippen LogP contribution in [0.4, 0.5) is 34.1 Å². The molecule has 494 valence electrons. The lowest BCUT2D eigenvalue weighted by Crippen LogP contribution is -2.11. The van der Waals surface area contributed by atoms with Crippen LogP contribution < -0.4 is 9.80 Å². The van der Waals surface area contributed by atoms with E-state index < -0.39 is 0 Å². The highest BCUT2D eigenvalue weighted by Gasteiger charge is 2.21.